The van der Waals surface area contributed by atoms with E-state index >= 15 is 0 Å². The standard InChI is InChI=1S/C21H28N4O5S/c1-4-30-21(27)16-7-9-18(10-8-16)23-20(26)17-6-5-11-25(12-17)31(28,29)19-13-24(14-22-19)15(2)3/h7-10,13-15,17H,4-6,11-12H2,1-3H3,(H,23,26)/t17-/m1/s1. The van der Waals surface area contributed by atoms with Crippen LogP contribution in [0, 0.1) is 5.92 Å². The number of hydrogen-bond acceptors (Lipinski definition) is 6. The van der Waals surface area contributed by atoms with E-state index < -0.39 is 21.9 Å². The van der Waals surface area contributed by atoms with Gasteiger partial charge in [-0.3, -0.25) is 4.79 Å². The number of benzene rings is 1. The molecule has 2 heterocycles. The smallest absolute Gasteiger partial charge is 0.338 e. The van der Waals surface area contributed by atoms with Crippen molar-refractivity contribution in [3.05, 3.63) is 42.4 Å². The molecule has 168 valence electrons. The van der Waals surface area contributed by atoms with Crippen LogP contribution in [0.1, 0.15) is 50.0 Å². The summed E-state index contributed by atoms with van der Waals surface area (Å²) in [5, 5.41) is 2.81. The highest BCUT2D eigenvalue weighted by Gasteiger charge is 2.34. The Kier molecular flexibility index (Phi) is 7.11. The van der Waals surface area contributed by atoms with Crippen LogP contribution >= 0.6 is 0 Å². The lowest BCUT2D eigenvalue weighted by Crippen LogP contribution is -2.43. The summed E-state index contributed by atoms with van der Waals surface area (Å²) in [6.45, 7) is 6.36. The van der Waals surface area contributed by atoms with Crippen molar-refractivity contribution in [1.82, 2.24) is 13.9 Å². The maximum Gasteiger partial charge on any atom is 0.338 e. The number of sulfonamides is 1. The van der Waals surface area contributed by atoms with E-state index in [-0.39, 0.29) is 30.1 Å². The van der Waals surface area contributed by atoms with Gasteiger partial charge in [0.15, 0.2) is 5.03 Å². The molecular weight excluding hydrogens is 420 g/mol. The van der Waals surface area contributed by atoms with Gasteiger partial charge in [-0.25, -0.2) is 18.2 Å². The summed E-state index contributed by atoms with van der Waals surface area (Å²) in [7, 11) is -3.76. The number of piperidine rings is 1. The molecule has 2 aromatic rings. The number of anilines is 1. The number of aromatic nitrogens is 2. The van der Waals surface area contributed by atoms with E-state index in [4.69, 9.17) is 4.74 Å². The lowest BCUT2D eigenvalue weighted by molar-refractivity contribution is -0.120. The van der Waals surface area contributed by atoms with E-state index in [0.29, 0.717) is 30.6 Å². The van der Waals surface area contributed by atoms with E-state index in [2.05, 4.69) is 10.3 Å². The summed E-state index contributed by atoms with van der Waals surface area (Å²) in [5.74, 6) is -1.15. The van der Waals surface area contributed by atoms with Gasteiger partial charge in [0, 0.05) is 31.0 Å². The van der Waals surface area contributed by atoms with Crippen molar-refractivity contribution >= 4 is 27.6 Å². The van der Waals surface area contributed by atoms with Crippen molar-refractivity contribution in [2.24, 2.45) is 5.92 Å². The minimum Gasteiger partial charge on any atom is -0.462 e. The molecule has 1 amide bonds. The zero-order chi connectivity index (χ0) is 22.6. The highest BCUT2D eigenvalue weighted by atomic mass is 32.2. The highest BCUT2D eigenvalue weighted by Crippen LogP contribution is 2.25. The zero-order valence-corrected chi connectivity index (χ0v) is 18.8. The first-order valence-corrected chi connectivity index (χ1v) is 11.8. The molecule has 0 unspecified atom stereocenters. The van der Waals surface area contributed by atoms with Crippen molar-refractivity contribution < 1.29 is 22.7 Å². The third kappa shape index (κ3) is 5.31. The Bertz CT molecular complexity index is 1030. The second-order valence-corrected chi connectivity index (χ2v) is 9.63. The number of carbonyl (C=O) groups is 2. The molecule has 1 aromatic heterocycles. The SMILES string of the molecule is CCOC(=O)c1ccc(NC(=O)[C@@H]2CCCN(S(=O)(=O)c3cn(C(C)C)cn3)C2)cc1. The third-order valence-electron chi connectivity index (χ3n) is 5.20. The van der Waals surface area contributed by atoms with Gasteiger partial charge in [-0.05, 0) is 57.9 Å². The molecule has 0 spiro atoms. The fourth-order valence-electron chi connectivity index (χ4n) is 3.39. The molecular formula is C21H28N4O5S. The maximum atomic E-state index is 13.0. The molecule has 1 aliphatic rings. The predicted molar refractivity (Wildman–Crippen MR) is 115 cm³/mol. The van der Waals surface area contributed by atoms with Crippen LogP contribution in [-0.4, -0.2) is 53.8 Å². The minimum atomic E-state index is -3.76. The molecule has 1 aliphatic heterocycles. The molecule has 0 bridgehead atoms. The normalized spacial score (nSPS) is 17.5. The third-order valence-corrected chi connectivity index (χ3v) is 6.95. The summed E-state index contributed by atoms with van der Waals surface area (Å²) in [6, 6.07) is 6.51. The van der Waals surface area contributed by atoms with Gasteiger partial charge in [-0.1, -0.05) is 0 Å². The van der Waals surface area contributed by atoms with Crippen LogP contribution in [0.5, 0.6) is 0 Å². The number of rotatable bonds is 7. The molecule has 1 atom stereocenters. The fourth-order valence-corrected chi connectivity index (χ4v) is 4.83. The van der Waals surface area contributed by atoms with Crippen LogP contribution in [0.25, 0.3) is 0 Å². The number of carbonyl (C=O) groups excluding carboxylic acids is 2. The molecule has 1 N–H and O–H groups in total. The predicted octanol–water partition coefficient (Wildman–Crippen LogP) is 2.68. The Labute approximate surface area is 182 Å². The van der Waals surface area contributed by atoms with Crippen molar-refractivity contribution in [3.8, 4) is 0 Å². The number of nitrogens with zero attached hydrogens (tertiary/aromatic N) is 3. The van der Waals surface area contributed by atoms with Crippen molar-refractivity contribution in [1.29, 1.82) is 0 Å². The minimum absolute atomic E-state index is 0.00295. The van der Waals surface area contributed by atoms with E-state index in [1.54, 1.807) is 35.8 Å². The number of nitrogens with one attached hydrogen (secondary N) is 1. The van der Waals surface area contributed by atoms with Gasteiger partial charge in [0.1, 0.15) is 0 Å². The van der Waals surface area contributed by atoms with Gasteiger partial charge in [-0.2, -0.15) is 4.31 Å². The number of ether oxygens (including phenoxy) is 1. The summed E-state index contributed by atoms with van der Waals surface area (Å²) in [6.07, 6.45) is 4.21. The van der Waals surface area contributed by atoms with E-state index in [1.165, 1.54) is 16.8 Å². The Morgan fingerprint density at radius 2 is 1.97 bits per heavy atom. The number of amides is 1. The molecule has 0 aliphatic carbocycles. The number of esters is 1. The van der Waals surface area contributed by atoms with E-state index in [0.717, 1.165) is 0 Å². The first-order chi connectivity index (χ1) is 14.7. The molecule has 1 saturated heterocycles. The highest BCUT2D eigenvalue weighted by molar-refractivity contribution is 7.89. The maximum absolute atomic E-state index is 13.0. The largest absolute Gasteiger partial charge is 0.462 e. The van der Waals surface area contributed by atoms with Gasteiger partial charge in [0.25, 0.3) is 10.0 Å². The molecule has 9 nitrogen and oxygen atoms in total. The Morgan fingerprint density at radius 1 is 1.26 bits per heavy atom. The monoisotopic (exact) mass is 448 g/mol. The number of hydrogen-bond donors (Lipinski definition) is 1. The summed E-state index contributed by atoms with van der Waals surface area (Å²) in [4.78, 5) is 28.5. The van der Waals surface area contributed by atoms with Crippen molar-refractivity contribution in [3.63, 3.8) is 0 Å². The van der Waals surface area contributed by atoms with Crippen LogP contribution in [0.4, 0.5) is 5.69 Å². The molecule has 31 heavy (non-hydrogen) atoms. The Balaban J connectivity index is 1.65. The topological polar surface area (TPSA) is 111 Å². The van der Waals surface area contributed by atoms with Gasteiger partial charge in [0.05, 0.1) is 24.4 Å². The second kappa shape index (κ2) is 9.61. The Morgan fingerprint density at radius 3 is 2.58 bits per heavy atom. The van der Waals surface area contributed by atoms with Gasteiger partial charge < -0.3 is 14.6 Å². The quantitative estimate of drug-likeness (QED) is 0.652. The van der Waals surface area contributed by atoms with Gasteiger partial charge in [-0.15, -0.1) is 0 Å². The molecule has 1 aromatic carbocycles. The Hall–Kier alpha value is -2.72. The van der Waals surface area contributed by atoms with Crippen LogP contribution < -0.4 is 5.32 Å². The fraction of sp³-hybridized carbons (Fsp3) is 0.476. The first kappa shape index (κ1) is 23.0. The van der Waals surface area contributed by atoms with Crippen molar-refractivity contribution in [2.45, 2.75) is 44.7 Å². The lowest BCUT2D eigenvalue weighted by atomic mass is 9.98. The van der Waals surface area contributed by atoms with Crippen LogP contribution in [0.3, 0.4) is 0 Å². The molecule has 1 fully saturated rings. The van der Waals surface area contributed by atoms with Gasteiger partial charge >= 0.3 is 5.97 Å². The van der Waals surface area contributed by atoms with E-state index in [9.17, 15) is 18.0 Å². The molecule has 10 heteroatoms. The van der Waals surface area contributed by atoms with Gasteiger partial charge in [0.2, 0.25) is 5.91 Å². The van der Waals surface area contributed by atoms with Crippen LogP contribution in [0.2, 0.25) is 0 Å². The summed E-state index contributed by atoms with van der Waals surface area (Å²) < 4.78 is 34.0. The molecule has 0 saturated carbocycles. The summed E-state index contributed by atoms with van der Waals surface area (Å²) >= 11 is 0. The molecule has 0 radical (unpaired) electrons. The second-order valence-electron chi connectivity index (χ2n) is 7.74. The van der Waals surface area contributed by atoms with Crippen LogP contribution in [-0.2, 0) is 19.6 Å². The average Bonchev–Trinajstić information content (AvgIpc) is 3.26. The molecule has 3 rings (SSSR count). The van der Waals surface area contributed by atoms with E-state index in [1.807, 2.05) is 13.8 Å². The lowest BCUT2D eigenvalue weighted by Gasteiger charge is -2.30. The summed E-state index contributed by atoms with van der Waals surface area (Å²) in [5.41, 5.74) is 0.935. The first-order valence-electron chi connectivity index (χ1n) is 10.3. The average molecular weight is 449 g/mol. The number of imidazole rings is 1. The zero-order valence-electron chi connectivity index (χ0n) is 17.9. The van der Waals surface area contributed by atoms with Crippen LogP contribution in [0.15, 0.2) is 41.8 Å². The van der Waals surface area contributed by atoms with Crippen molar-refractivity contribution in [2.75, 3.05) is 25.0 Å².